The molecule has 0 atom stereocenters. The molecule has 0 spiro atoms. The Morgan fingerprint density at radius 2 is 1.94 bits per heavy atom. The number of piperidine rings is 1. The molecule has 0 radical (unpaired) electrons. The number of aryl methyl sites for hydroxylation is 1. The van der Waals surface area contributed by atoms with Crippen LogP contribution >= 0.6 is 0 Å². The van der Waals surface area contributed by atoms with Crippen LogP contribution in [0.5, 0.6) is 0 Å². The molecular formula is C25H31N3O5. The Balaban J connectivity index is 1.28. The minimum absolute atomic E-state index is 0.168. The number of fused-ring (bicyclic) bond motifs is 1. The summed E-state index contributed by atoms with van der Waals surface area (Å²) in [5, 5.41) is 0. The number of aromatic nitrogens is 2. The molecule has 0 N–H and O–H groups in total. The number of benzene rings is 1. The zero-order valence-electron chi connectivity index (χ0n) is 19.5. The van der Waals surface area contributed by atoms with Gasteiger partial charge >= 0.3 is 5.97 Å². The number of para-hydroxylation sites is 2. The molecule has 3 heterocycles. The summed E-state index contributed by atoms with van der Waals surface area (Å²) < 4.78 is 18.5. The SMILES string of the molecule is COCCCn1c(C)cc(C(=O)COC(=O)C2CCN(c3nc4ccccc4o3)CC2)c1C. The lowest BCUT2D eigenvalue weighted by atomic mass is 9.97. The minimum Gasteiger partial charge on any atom is -0.457 e. The van der Waals surface area contributed by atoms with Gasteiger partial charge in [0.15, 0.2) is 12.2 Å². The third-order valence-electron chi connectivity index (χ3n) is 6.33. The number of anilines is 1. The molecule has 0 unspecified atom stereocenters. The molecule has 0 amide bonds. The van der Waals surface area contributed by atoms with Crippen molar-refractivity contribution < 1.29 is 23.5 Å². The van der Waals surface area contributed by atoms with E-state index < -0.39 is 0 Å². The second-order valence-corrected chi connectivity index (χ2v) is 8.54. The molecule has 0 saturated carbocycles. The summed E-state index contributed by atoms with van der Waals surface area (Å²) in [6, 6.07) is 10.1. The number of nitrogens with zero attached hydrogens (tertiary/aromatic N) is 3. The maximum atomic E-state index is 12.7. The summed E-state index contributed by atoms with van der Waals surface area (Å²) in [7, 11) is 1.68. The predicted molar refractivity (Wildman–Crippen MR) is 125 cm³/mol. The number of ketones is 1. The zero-order chi connectivity index (χ0) is 23.4. The van der Waals surface area contributed by atoms with Gasteiger partial charge in [0.2, 0.25) is 5.78 Å². The van der Waals surface area contributed by atoms with Crippen LogP contribution in [0.3, 0.4) is 0 Å². The molecule has 33 heavy (non-hydrogen) atoms. The fourth-order valence-corrected chi connectivity index (χ4v) is 4.43. The number of methoxy groups -OCH3 is 1. The van der Waals surface area contributed by atoms with Crippen molar-refractivity contribution in [3.63, 3.8) is 0 Å². The smallest absolute Gasteiger partial charge is 0.309 e. The largest absolute Gasteiger partial charge is 0.457 e. The first kappa shape index (κ1) is 23.0. The molecule has 8 heteroatoms. The summed E-state index contributed by atoms with van der Waals surface area (Å²) in [4.78, 5) is 31.9. The van der Waals surface area contributed by atoms with Crippen molar-refractivity contribution in [1.82, 2.24) is 9.55 Å². The highest BCUT2D eigenvalue weighted by molar-refractivity contribution is 5.99. The van der Waals surface area contributed by atoms with Gasteiger partial charge in [-0.1, -0.05) is 12.1 Å². The van der Waals surface area contributed by atoms with Crippen LogP contribution in [-0.2, 0) is 20.8 Å². The topological polar surface area (TPSA) is 86.8 Å². The summed E-state index contributed by atoms with van der Waals surface area (Å²) in [5.41, 5.74) is 4.11. The van der Waals surface area contributed by atoms with Crippen LogP contribution in [0.15, 0.2) is 34.7 Å². The second kappa shape index (κ2) is 10.2. The summed E-state index contributed by atoms with van der Waals surface area (Å²) in [6.45, 7) is 6.45. The van der Waals surface area contributed by atoms with Gasteiger partial charge in [-0.3, -0.25) is 9.59 Å². The average Bonchev–Trinajstić information content (AvgIpc) is 3.39. The Hall–Kier alpha value is -3.13. The van der Waals surface area contributed by atoms with E-state index in [1.807, 2.05) is 49.1 Å². The van der Waals surface area contributed by atoms with Crippen LogP contribution in [0, 0.1) is 19.8 Å². The van der Waals surface area contributed by atoms with Gasteiger partial charge < -0.3 is 23.4 Å². The molecule has 1 aromatic carbocycles. The van der Waals surface area contributed by atoms with Crippen molar-refractivity contribution >= 4 is 28.9 Å². The highest BCUT2D eigenvalue weighted by Crippen LogP contribution is 2.27. The molecule has 176 valence electrons. The van der Waals surface area contributed by atoms with Gasteiger partial charge in [-0.2, -0.15) is 4.98 Å². The first-order chi connectivity index (χ1) is 16.0. The van der Waals surface area contributed by atoms with Crippen LogP contribution in [0.2, 0.25) is 0 Å². The van der Waals surface area contributed by atoms with Gasteiger partial charge in [0.05, 0.1) is 5.92 Å². The summed E-state index contributed by atoms with van der Waals surface area (Å²) >= 11 is 0. The number of hydrogen-bond donors (Lipinski definition) is 0. The van der Waals surface area contributed by atoms with Gasteiger partial charge in [0.25, 0.3) is 6.01 Å². The molecule has 1 saturated heterocycles. The van der Waals surface area contributed by atoms with E-state index >= 15 is 0 Å². The molecule has 8 nitrogen and oxygen atoms in total. The molecule has 3 aromatic rings. The number of Topliss-reactive ketones (excluding diaryl/α,β-unsaturated/α-hetero) is 1. The Bertz CT molecular complexity index is 1090. The van der Waals surface area contributed by atoms with Crippen molar-refractivity contribution in [3.05, 3.63) is 47.3 Å². The van der Waals surface area contributed by atoms with Crippen molar-refractivity contribution in [2.75, 3.05) is 38.3 Å². The molecule has 1 aliphatic rings. The third kappa shape index (κ3) is 5.11. The Labute approximate surface area is 193 Å². The zero-order valence-corrected chi connectivity index (χ0v) is 19.5. The van der Waals surface area contributed by atoms with Gasteiger partial charge in [-0.05, 0) is 51.3 Å². The lowest BCUT2D eigenvalue weighted by molar-refractivity contribution is -0.148. The molecule has 0 aliphatic carbocycles. The van der Waals surface area contributed by atoms with Crippen LogP contribution in [0.1, 0.15) is 41.0 Å². The number of rotatable bonds is 9. The molecule has 4 rings (SSSR count). The number of hydrogen-bond acceptors (Lipinski definition) is 7. The Morgan fingerprint density at radius 3 is 2.67 bits per heavy atom. The predicted octanol–water partition coefficient (Wildman–Crippen LogP) is 3.93. The molecular weight excluding hydrogens is 422 g/mol. The molecule has 0 bridgehead atoms. The standard InChI is InChI=1S/C25H31N3O5/c1-17-15-20(18(2)28(17)11-6-14-31-3)22(29)16-32-24(30)19-9-12-27(13-10-19)25-26-21-7-4-5-8-23(21)33-25/h4-5,7-8,15,19H,6,9-14,16H2,1-3H3. The van der Waals surface area contributed by atoms with E-state index in [2.05, 4.69) is 9.55 Å². The van der Waals surface area contributed by atoms with E-state index in [0.29, 0.717) is 44.1 Å². The van der Waals surface area contributed by atoms with Gasteiger partial charge in [0, 0.05) is 50.3 Å². The van der Waals surface area contributed by atoms with Crippen LogP contribution in [0.25, 0.3) is 11.1 Å². The number of carbonyl (C=O) groups excluding carboxylic acids is 2. The lowest BCUT2D eigenvalue weighted by Gasteiger charge is -2.29. The van der Waals surface area contributed by atoms with Gasteiger partial charge in [-0.15, -0.1) is 0 Å². The Kier molecular flexibility index (Phi) is 7.13. The second-order valence-electron chi connectivity index (χ2n) is 8.54. The maximum Gasteiger partial charge on any atom is 0.309 e. The third-order valence-corrected chi connectivity index (χ3v) is 6.33. The van der Waals surface area contributed by atoms with Crippen molar-refractivity contribution in [2.24, 2.45) is 5.92 Å². The number of esters is 1. The van der Waals surface area contributed by atoms with E-state index in [9.17, 15) is 9.59 Å². The number of oxazole rings is 1. The van der Waals surface area contributed by atoms with Gasteiger partial charge in [-0.25, -0.2) is 0 Å². The van der Waals surface area contributed by atoms with E-state index in [1.54, 1.807) is 7.11 Å². The quantitative estimate of drug-likeness (QED) is 0.276. The molecule has 1 fully saturated rings. The van der Waals surface area contributed by atoms with Crippen molar-refractivity contribution in [3.8, 4) is 0 Å². The van der Waals surface area contributed by atoms with E-state index in [4.69, 9.17) is 13.9 Å². The van der Waals surface area contributed by atoms with Crippen LogP contribution in [0.4, 0.5) is 6.01 Å². The highest BCUT2D eigenvalue weighted by atomic mass is 16.5. The average molecular weight is 454 g/mol. The summed E-state index contributed by atoms with van der Waals surface area (Å²) in [6.07, 6.45) is 2.15. The maximum absolute atomic E-state index is 12.7. The van der Waals surface area contributed by atoms with Crippen molar-refractivity contribution in [2.45, 2.75) is 39.7 Å². The Morgan fingerprint density at radius 1 is 1.18 bits per heavy atom. The number of carbonyl (C=O) groups is 2. The molecule has 1 aliphatic heterocycles. The normalized spacial score (nSPS) is 14.7. The lowest BCUT2D eigenvalue weighted by Crippen LogP contribution is -2.37. The monoisotopic (exact) mass is 453 g/mol. The minimum atomic E-state index is -0.311. The highest BCUT2D eigenvalue weighted by Gasteiger charge is 2.29. The first-order valence-corrected chi connectivity index (χ1v) is 11.4. The molecule has 2 aromatic heterocycles. The summed E-state index contributed by atoms with van der Waals surface area (Å²) in [5.74, 6) is -0.701. The van der Waals surface area contributed by atoms with Crippen molar-refractivity contribution in [1.29, 1.82) is 0 Å². The van der Waals surface area contributed by atoms with Crippen LogP contribution < -0.4 is 4.90 Å². The fraction of sp³-hybridized carbons (Fsp3) is 0.480. The number of ether oxygens (including phenoxy) is 2. The first-order valence-electron chi connectivity index (χ1n) is 11.4. The van der Waals surface area contributed by atoms with E-state index in [0.717, 1.165) is 35.5 Å². The van der Waals surface area contributed by atoms with E-state index in [1.165, 1.54) is 0 Å². The van der Waals surface area contributed by atoms with Crippen LogP contribution in [-0.4, -0.2) is 54.7 Å². The van der Waals surface area contributed by atoms with Gasteiger partial charge in [0.1, 0.15) is 5.52 Å². The van der Waals surface area contributed by atoms with E-state index in [-0.39, 0.29) is 24.3 Å². The fourth-order valence-electron chi connectivity index (χ4n) is 4.43.